The Morgan fingerprint density at radius 3 is 2.93 bits per heavy atom. The van der Waals surface area contributed by atoms with Gasteiger partial charge in [0, 0.05) is 12.2 Å². The van der Waals surface area contributed by atoms with Crippen molar-refractivity contribution in [1.82, 2.24) is 10.3 Å². The van der Waals surface area contributed by atoms with Crippen molar-refractivity contribution in [2.24, 2.45) is 0 Å². The number of rotatable bonds is 4. The van der Waals surface area contributed by atoms with Gasteiger partial charge in [-0.1, -0.05) is 24.9 Å². The highest BCUT2D eigenvalue weighted by atomic mass is 35.5. The molecule has 1 aromatic heterocycles. The number of carbonyl (C=O) groups excluding carboxylic acids is 1. The molecule has 0 saturated carbocycles. The fourth-order valence-electron chi connectivity index (χ4n) is 1.31. The van der Waals surface area contributed by atoms with Crippen LogP contribution < -0.4 is 5.32 Å². The Hall–Kier alpha value is -0.960. The molecule has 0 aliphatic carbocycles. The van der Waals surface area contributed by atoms with E-state index in [-0.39, 0.29) is 11.9 Å². The minimum atomic E-state index is -0.0992. The smallest absolute Gasteiger partial charge is 0.267 e. The van der Waals surface area contributed by atoms with Gasteiger partial charge in [-0.3, -0.25) is 4.79 Å². The zero-order chi connectivity index (χ0) is 10.6. The van der Waals surface area contributed by atoms with Crippen LogP contribution in [-0.4, -0.2) is 16.9 Å². The second kappa shape index (κ2) is 5.05. The lowest BCUT2D eigenvalue weighted by atomic mass is 10.2. The third-order valence-corrected chi connectivity index (χ3v) is 2.21. The number of halogens is 1. The molecule has 3 nitrogen and oxygen atoms in total. The summed E-state index contributed by atoms with van der Waals surface area (Å²) in [7, 11) is 0. The molecule has 1 amide bonds. The van der Waals surface area contributed by atoms with Crippen molar-refractivity contribution in [3.05, 3.63) is 23.0 Å². The summed E-state index contributed by atoms with van der Waals surface area (Å²) < 4.78 is 0. The Balaban J connectivity index is 2.50. The first-order valence-corrected chi connectivity index (χ1v) is 5.16. The van der Waals surface area contributed by atoms with Gasteiger partial charge in [0.25, 0.3) is 5.91 Å². The summed E-state index contributed by atoms with van der Waals surface area (Å²) in [5.74, 6) is -0.0992. The SMILES string of the molecule is CCCC(C)NC(=O)c1cc(Cl)c[nH]1. The molecule has 14 heavy (non-hydrogen) atoms. The van der Waals surface area contributed by atoms with Crippen molar-refractivity contribution in [1.29, 1.82) is 0 Å². The van der Waals surface area contributed by atoms with E-state index in [1.807, 2.05) is 6.92 Å². The highest BCUT2D eigenvalue weighted by Crippen LogP contribution is 2.09. The summed E-state index contributed by atoms with van der Waals surface area (Å²) in [6.45, 7) is 4.08. The molecule has 1 unspecified atom stereocenters. The van der Waals surface area contributed by atoms with Crippen LogP contribution in [0.1, 0.15) is 37.2 Å². The Bertz CT molecular complexity index is 309. The van der Waals surface area contributed by atoms with Crippen molar-refractivity contribution in [3.63, 3.8) is 0 Å². The first kappa shape index (κ1) is 11.1. The number of aromatic amines is 1. The highest BCUT2D eigenvalue weighted by Gasteiger charge is 2.10. The van der Waals surface area contributed by atoms with Crippen LogP contribution in [0.15, 0.2) is 12.3 Å². The molecule has 1 atom stereocenters. The fourth-order valence-corrected chi connectivity index (χ4v) is 1.47. The summed E-state index contributed by atoms with van der Waals surface area (Å²) in [6, 6.07) is 1.82. The third-order valence-electron chi connectivity index (χ3n) is 1.99. The van der Waals surface area contributed by atoms with Crippen molar-refractivity contribution < 1.29 is 4.79 Å². The van der Waals surface area contributed by atoms with E-state index >= 15 is 0 Å². The number of H-pyrrole nitrogens is 1. The van der Waals surface area contributed by atoms with Crippen LogP contribution in [0.3, 0.4) is 0 Å². The standard InChI is InChI=1S/C10H15ClN2O/c1-3-4-7(2)13-10(14)9-5-8(11)6-12-9/h5-7,12H,3-4H2,1-2H3,(H,13,14). The number of amides is 1. The topological polar surface area (TPSA) is 44.9 Å². The minimum absolute atomic E-state index is 0.0992. The first-order chi connectivity index (χ1) is 6.63. The summed E-state index contributed by atoms with van der Waals surface area (Å²) >= 11 is 5.69. The van der Waals surface area contributed by atoms with Gasteiger partial charge in [-0.25, -0.2) is 0 Å². The maximum Gasteiger partial charge on any atom is 0.267 e. The lowest BCUT2D eigenvalue weighted by Crippen LogP contribution is -2.32. The van der Waals surface area contributed by atoms with Crippen molar-refractivity contribution >= 4 is 17.5 Å². The summed E-state index contributed by atoms with van der Waals surface area (Å²) in [6.07, 6.45) is 3.65. The van der Waals surface area contributed by atoms with E-state index in [0.717, 1.165) is 12.8 Å². The predicted molar refractivity (Wildman–Crippen MR) is 57.6 cm³/mol. The molecule has 0 bridgehead atoms. The molecule has 0 saturated heterocycles. The van der Waals surface area contributed by atoms with Crippen molar-refractivity contribution in [2.75, 3.05) is 0 Å². The van der Waals surface area contributed by atoms with Crippen LogP contribution in [0.4, 0.5) is 0 Å². The van der Waals surface area contributed by atoms with Gasteiger partial charge in [0.2, 0.25) is 0 Å². The maximum atomic E-state index is 11.5. The van der Waals surface area contributed by atoms with E-state index in [4.69, 9.17) is 11.6 Å². The second-order valence-electron chi connectivity index (χ2n) is 3.39. The van der Waals surface area contributed by atoms with Crippen LogP contribution >= 0.6 is 11.6 Å². The van der Waals surface area contributed by atoms with Crippen LogP contribution in [0, 0.1) is 0 Å². The van der Waals surface area contributed by atoms with E-state index < -0.39 is 0 Å². The molecule has 2 N–H and O–H groups in total. The van der Waals surface area contributed by atoms with Crippen LogP contribution in [-0.2, 0) is 0 Å². The zero-order valence-corrected chi connectivity index (χ0v) is 9.19. The monoisotopic (exact) mass is 214 g/mol. The van der Waals surface area contributed by atoms with Crippen molar-refractivity contribution in [3.8, 4) is 0 Å². The van der Waals surface area contributed by atoms with E-state index in [0.29, 0.717) is 10.7 Å². The molecule has 1 aromatic rings. The van der Waals surface area contributed by atoms with Crippen LogP contribution in [0.2, 0.25) is 5.02 Å². The van der Waals surface area contributed by atoms with E-state index in [2.05, 4.69) is 17.2 Å². The molecule has 78 valence electrons. The lowest BCUT2D eigenvalue weighted by molar-refractivity contribution is 0.0934. The third kappa shape index (κ3) is 3.07. The van der Waals surface area contributed by atoms with Gasteiger partial charge in [-0.2, -0.15) is 0 Å². The summed E-state index contributed by atoms with van der Waals surface area (Å²) in [5, 5.41) is 3.44. The minimum Gasteiger partial charge on any atom is -0.356 e. The molecule has 0 aliphatic heterocycles. The average molecular weight is 215 g/mol. The number of hydrogen-bond donors (Lipinski definition) is 2. The van der Waals surface area contributed by atoms with Gasteiger partial charge in [-0.05, 0) is 19.4 Å². The zero-order valence-electron chi connectivity index (χ0n) is 8.43. The van der Waals surface area contributed by atoms with E-state index in [9.17, 15) is 4.79 Å². The van der Waals surface area contributed by atoms with Gasteiger partial charge in [-0.15, -0.1) is 0 Å². The largest absolute Gasteiger partial charge is 0.356 e. The van der Waals surface area contributed by atoms with Crippen LogP contribution in [0.25, 0.3) is 0 Å². The predicted octanol–water partition coefficient (Wildman–Crippen LogP) is 2.59. The molecule has 0 radical (unpaired) electrons. The molecule has 4 heteroatoms. The lowest BCUT2D eigenvalue weighted by Gasteiger charge is -2.11. The molecule has 1 heterocycles. The van der Waals surface area contributed by atoms with Gasteiger partial charge in [0.15, 0.2) is 0 Å². The average Bonchev–Trinajstić information content (AvgIpc) is 2.52. The second-order valence-corrected chi connectivity index (χ2v) is 3.83. The van der Waals surface area contributed by atoms with E-state index in [1.165, 1.54) is 0 Å². The number of carbonyl (C=O) groups is 1. The highest BCUT2D eigenvalue weighted by molar-refractivity contribution is 6.30. The Labute approximate surface area is 88.8 Å². The molecular weight excluding hydrogens is 200 g/mol. The Kier molecular flexibility index (Phi) is 4.01. The Morgan fingerprint density at radius 1 is 1.71 bits per heavy atom. The Morgan fingerprint density at radius 2 is 2.43 bits per heavy atom. The fraction of sp³-hybridized carbons (Fsp3) is 0.500. The molecule has 0 fully saturated rings. The molecule has 0 spiro atoms. The van der Waals surface area contributed by atoms with Gasteiger partial charge in [0.05, 0.1) is 5.02 Å². The number of hydrogen-bond acceptors (Lipinski definition) is 1. The first-order valence-electron chi connectivity index (χ1n) is 4.78. The maximum absolute atomic E-state index is 11.5. The van der Waals surface area contributed by atoms with Crippen LogP contribution in [0.5, 0.6) is 0 Å². The normalized spacial score (nSPS) is 12.5. The molecular formula is C10H15ClN2O. The number of aromatic nitrogens is 1. The van der Waals surface area contributed by atoms with Gasteiger partial charge in [0.1, 0.15) is 5.69 Å². The molecule has 0 aliphatic rings. The summed E-state index contributed by atoms with van der Waals surface area (Å²) in [5.41, 5.74) is 0.512. The van der Waals surface area contributed by atoms with Gasteiger partial charge < -0.3 is 10.3 Å². The molecule has 1 rings (SSSR count). The summed E-state index contributed by atoms with van der Waals surface area (Å²) in [4.78, 5) is 14.4. The van der Waals surface area contributed by atoms with Crippen molar-refractivity contribution in [2.45, 2.75) is 32.7 Å². The quantitative estimate of drug-likeness (QED) is 0.795. The van der Waals surface area contributed by atoms with Gasteiger partial charge >= 0.3 is 0 Å². The molecule has 0 aromatic carbocycles. The number of nitrogens with one attached hydrogen (secondary N) is 2. The van der Waals surface area contributed by atoms with E-state index in [1.54, 1.807) is 12.3 Å².